The van der Waals surface area contributed by atoms with E-state index in [1.165, 1.54) is 0 Å². The first-order chi connectivity index (χ1) is 12.2. The van der Waals surface area contributed by atoms with E-state index in [1.807, 2.05) is 31.2 Å². The maximum atomic E-state index is 10.9. The van der Waals surface area contributed by atoms with Gasteiger partial charge < -0.3 is 14.0 Å². The second-order valence-electron chi connectivity index (χ2n) is 5.06. The summed E-state index contributed by atoms with van der Waals surface area (Å²) in [5.74, 6) is 1.85. The maximum absolute atomic E-state index is 10.9. The Morgan fingerprint density at radius 2 is 1.92 bits per heavy atom. The van der Waals surface area contributed by atoms with Gasteiger partial charge in [0.2, 0.25) is 5.82 Å². The van der Waals surface area contributed by atoms with Crippen LogP contribution in [0.25, 0.3) is 11.4 Å². The summed E-state index contributed by atoms with van der Waals surface area (Å²) >= 11 is 3.39. The Morgan fingerprint density at radius 3 is 2.64 bits per heavy atom. The minimum Gasteiger partial charge on any atom is -0.490 e. The molecule has 7 heteroatoms. The number of halogens is 1. The van der Waals surface area contributed by atoms with Crippen LogP contribution in [-0.4, -0.2) is 23.0 Å². The maximum Gasteiger partial charge on any atom is 0.264 e. The van der Waals surface area contributed by atoms with E-state index in [4.69, 9.17) is 14.0 Å². The first kappa shape index (κ1) is 17.2. The fraction of sp³-hybridized carbons (Fsp3) is 0.167. The molecule has 0 unspecified atom stereocenters. The highest BCUT2D eigenvalue weighted by atomic mass is 79.9. The summed E-state index contributed by atoms with van der Waals surface area (Å²) < 4.78 is 17.4. The highest BCUT2D eigenvalue weighted by Gasteiger charge is 2.12. The highest BCUT2D eigenvalue weighted by Crippen LogP contribution is 2.29. The van der Waals surface area contributed by atoms with Gasteiger partial charge in [-0.2, -0.15) is 4.98 Å². The van der Waals surface area contributed by atoms with E-state index >= 15 is 0 Å². The summed E-state index contributed by atoms with van der Waals surface area (Å²) in [6.07, 6.45) is 0.759. The number of nitrogens with zero attached hydrogens (tertiary/aromatic N) is 2. The van der Waals surface area contributed by atoms with Gasteiger partial charge in [-0.1, -0.05) is 21.1 Å². The quantitative estimate of drug-likeness (QED) is 0.548. The van der Waals surface area contributed by atoms with Crippen molar-refractivity contribution in [3.8, 4) is 22.9 Å². The van der Waals surface area contributed by atoms with Crippen LogP contribution < -0.4 is 9.47 Å². The molecule has 25 heavy (non-hydrogen) atoms. The van der Waals surface area contributed by atoms with Gasteiger partial charge in [0.1, 0.15) is 6.29 Å². The molecule has 0 aliphatic rings. The number of ether oxygens (including phenoxy) is 2. The molecular formula is C18H15BrN2O4. The number of hydrogen-bond donors (Lipinski definition) is 0. The van der Waals surface area contributed by atoms with Crippen molar-refractivity contribution in [2.75, 3.05) is 6.61 Å². The summed E-state index contributed by atoms with van der Waals surface area (Å²) in [5, 5.41) is 3.96. The summed E-state index contributed by atoms with van der Waals surface area (Å²) in [6.45, 7) is 2.43. The molecule has 0 aliphatic carbocycles. The van der Waals surface area contributed by atoms with Crippen LogP contribution in [0.15, 0.2) is 51.5 Å². The van der Waals surface area contributed by atoms with Gasteiger partial charge in [-0.15, -0.1) is 0 Å². The third-order valence-electron chi connectivity index (χ3n) is 3.33. The molecule has 0 fully saturated rings. The summed E-state index contributed by atoms with van der Waals surface area (Å²) in [6, 6.07) is 12.6. The van der Waals surface area contributed by atoms with Crippen molar-refractivity contribution in [1.29, 1.82) is 0 Å². The van der Waals surface area contributed by atoms with E-state index in [1.54, 1.807) is 18.2 Å². The SMILES string of the molecule is CCOc1cc(C=O)ccc1OCc1nc(-c2ccc(Br)cc2)no1. The number of rotatable bonds is 7. The van der Waals surface area contributed by atoms with E-state index in [0.29, 0.717) is 35.4 Å². The normalized spacial score (nSPS) is 10.5. The van der Waals surface area contributed by atoms with Crippen molar-refractivity contribution in [3.63, 3.8) is 0 Å². The minimum atomic E-state index is 0.101. The fourth-order valence-electron chi connectivity index (χ4n) is 2.15. The molecule has 3 aromatic rings. The first-order valence-electron chi connectivity index (χ1n) is 7.63. The number of benzene rings is 2. The van der Waals surface area contributed by atoms with Crippen molar-refractivity contribution >= 4 is 22.2 Å². The van der Waals surface area contributed by atoms with Crippen LogP contribution in [-0.2, 0) is 6.61 Å². The molecule has 0 aliphatic heterocycles. The molecular weight excluding hydrogens is 388 g/mol. The third-order valence-corrected chi connectivity index (χ3v) is 3.85. The Hall–Kier alpha value is -2.67. The molecule has 1 heterocycles. The molecule has 1 aromatic heterocycles. The number of carbonyl (C=O) groups excluding carboxylic acids is 1. The van der Waals surface area contributed by atoms with Crippen molar-refractivity contribution in [3.05, 3.63) is 58.4 Å². The molecule has 2 aromatic carbocycles. The monoisotopic (exact) mass is 402 g/mol. The van der Waals surface area contributed by atoms with Crippen molar-refractivity contribution in [1.82, 2.24) is 10.1 Å². The van der Waals surface area contributed by atoms with Gasteiger partial charge in [0, 0.05) is 15.6 Å². The van der Waals surface area contributed by atoms with E-state index in [9.17, 15) is 4.79 Å². The van der Waals surface area contributed by atoms with Crippen LogP contribution in [0.4, 0.5) is 0 Å². The van der Waals surface area contributed by atoms with E-state index in [-0.39, 0.29) is 6.61 Å². The number of aldehydes is 1. The lowest BCUT2D eigenvalue weighted by atomic mass is 10.2. The van der Waals surface area contributed by atoms with Gasteiger partial charge >= 0.3 is 0 Å². The number of hydrogen-bond acceptors (Lipinski definition) is 6. The van der Waals surface area contributed by atoms with Crippen molar-refractivity contribution < 1.29 is 18.8 Å². The Labute approximate surface area is 152 Å². The molecule has 0 spiro atoms. The predicted octanol–water partition coefficient (Wildman–Crippen LogP) is 4.29. The second kappa shape index (κ2) is 7.94. The van der Waals surface area contributed by atoms with Crippen molar-refractivity contribution in [2.24, 2.45) is 0 Å². The second-order valence-corrected chi connectivity index (χ2v) is 5.98. The molecule has 0 amide bonds. The fourth-order valence-corrected chi connectivity index (χ4v) is 2.42. The Kier molecular flexibility index (Phi) is 5.45. The molecule has 0 saturated heterocycles. The van der Waals surface area contributed by atoms with E-state index in [2.05, 4.69) is 26.1 Å². The molecule has 0 atom stereocenters. The van der Waals surface area contributed by atoms with Gasteiger partial charge in [0.15, 0.2) is 18.1 Å². The molecule has 0 N–H and O–H groups in total. The third kappa shape index (κ3) is 4.24. The summed E-state index contributed by atoms with van der Waals surface area (Å²) in [7, 11) is 0. The van der Waals surface area contributed by atoms with Crippen LogP contribution in [0.3, 0.4) is 0 Å². The van der Waals surface area contributed by atoms with E-state index < -0.39 is 0 Å². The smallest absolute Gasteiger partial charge is 0.264 e. The topological polar surface area (TPSA) is 74.5 Å². The lowest BCUT2D eigenvalue weighted by Crippen LogP contribution is -2.00. The molecule has 0 bridgehead atoms. The average molecular weight is 403 g/mol. The molecule has 6 nitrogen and oxygen atoms in total. The zero-order chi connectivity index (χ0) is 17.6. The van der Waals surface area contributed by atoms with Crippen LogP contribution in [0.1, 0.15) is 23.2 Å². The minimum absolute atomic E-state index is 0.101. The molecule has 0 saturated carbocycles. The molecule has 0 radical (unpaired) electrons. The van der Waals surface area contributed by atoms with E-state index in [0.717, 1.165) is 16.3 Å². The summed E-state index contributed by atoms with van der Waals surface area (Å²) in [4.78, 5) is 15.2. The number of aromatic nitrogens is 2. The Bertz CT molecular complexity index is 862. The molecule has 3 rings (SSSR count). The lowest BCUT2D eigenvalue weighted by Gasteiger charge is -2.10. The van der Waals surface area contributed by atoms with Crippen LogP contribution >= 0.6 is 15.9 Å². The van der Waals surface area contributed by atoms with Crippen LogP contribution in [0.5, 0.6) is 11.5 Å². The van der Waals surface area contributed by atoms with Gasteiger partial charge in [-0.05, 0) is 49.4 Å². The zero-order valence-electron chi connectivity index (χ0n) is 13.4. The van der Waals surface area contributed by atoms with Crippen LogP contribution in [0.2, 0.25) is 0 Å². The van der Waals surface area contributed by atoms with Crippen molar-refractivity contribution in [2.45, 2.75) is 13.5 Å². The van der Waals surface area contributed by atoms with Crippen LogP contribution in [0, 0.1) is 0 Å². The Balaban J connectivity index is 1.72. The first-order valence-corrected chi connectivity index (χ1v) is 8.42. The zero-order valence-corrected chi connectivity index (χ0v) is 15.0. The van der Waals surface area contributed by atoms with Gasteiger partial charge in [-0.3, -0.25) is 4.79 Å². The molecule has 128 valence electrons. The van der Waals surface area contributed by atoms with Gasteiger partial charge in [-0.25, -0.2) is 0 Å². The standard InChI is InChI=1S/C18H15BrN2O4/c1-2-23-16-9-12(10-22)3-8-15(16)24-11-17-20-18(21-25-17)13-4-6-14(19)7-5-13/h3-10H,2,11H2,1H3. The average Bonchev–Trinajstić information content (AvgIpc) is 3.10. The van der Waals surface area contributed by atoms with Gasteiger partial charge in [0.05, 0.1) is 6.61 Å². The largest absolute Gasteiger partial charge is 0.490 e. The predicted molar refractivity (Wildman–Crippen MR) is 94.8 cm³/mol. The summed E-state index contributed by atoms with van der Waals surface area (Å²) in [5.41, 5.74) is 1.37. The highest BCUT2D eigenvalue weighted by molar-refractivity contribution is 9.10. The lowest BCUT2D eigenvalue weighted by molar-refractivity contribution is 0.112. The number of carbonyl (C=O) groups is 1. The van der Waals surface area contributed by atoms with Gasteiger partial charge in [0.25, 0.3) is 5.89 Å². The Morgan fingerprint density at radius 1 is 1.12 bits per heavy atom.